The molecule has 0 spiro atoms. The maximum atomic E-state index is 13.6. The van der Waals surface area contributed by atoms with Gasteiger partial charge in [0.1, 0.15) is 17.9 Å². The average Bonchev–Trinajstić information content (AvgIpc) is 2.34. The van der Waals surface area contributed by atoms with Gasteiger partial charge in [-0.2, -0.15) is 0 Å². The minimum atomic E-state index is -0.527. The fourth-order valence-corrected chi connectivity index (χ4v) is 1.80. The van der Waals surface area contributed by atoms with Gasteiger partial charge in [-0.15, -0.1) is 0 Å². The quantitative estimate of drug-likeness (QED) is 0.599. The molecule has 17 heavy (non-hydrogen) atoms. The van der Waals surface area contributed by atoms with Crippen LogP contribution in [-0.4, -0.2) is 6.29 Å². The molecule has 1 nitrogen and oxygen atoms in total. The summed E-state index contributed by atoms with van der Waals surface area (Å²) >= 11 is 2.91. The Labute approximate surface area is 105 Å². The van der Waals surface area contributed by atoms with Crippen molar-refractivity contribution in [1.29, 1.82) is 0 Å². The molecule has 2 aromatic carbocycles. The minimum absolute atomic E-state index is 0.0864. The van der Waals surface area contributed by atoms with Crippen LogP contribution in [0.2, 0.25) is 0 Å². The van der Waals surface area contributed by atoms with Crippen LogP contribution in [0.3, 0.4) is 0 Å². The van der Waals surface area contributed by atoms with E-state index in [1.165, 1.54) is 0 Å². The molecular formula is C13H7BrF2O. The van der Waals surface area contributed by atoms with Gasteiger partial charge in [-0.1, -0.05) is 24.3 Å². The van der Waals surface area contributed by atoms with Gasteiger partial charge in [0.15, 0.2) is 0 Å². The van der Waals surface area contributed by atoms with Crippen molar-refractivity contribution in [3.63, 3.8) is 0 Å². The van der Waals surface area contributed by atoms with Crippen LogP contribution in [0.1, 0.15) is 10.4 Å². The molecule has 0 unspecified atom stereocenters. The van der Waals surface area contributed by atoms with Crippen molar-refractivity contribution in [2.24, 2.45) is 0 Å². The zero-order valence-electron chi connectivity index (χ0n) is 8.58. The number of hydrogen-bond acceptors (Lipinski definition) is 1. The standard InChI is InChI=1S/C13H7BrF2O/c14-11-6-12(15)10(5-13(11)16)9-3-1-8(7-17)2-4-9/h1-7H. The molecule has 2 rings (SSSR count). The highest BCUT2D eigenvalue weighted by molar-refractivity contribution is 9.10. The third kappa shape index (κ3) is 2.42. The van der Waals surface area contributed by atoms with Gasteiger partial charge in [-0.25, -0.2) is 8.78 Å². The predicted octanol–water partition coefficient (Wildman–Crippen LogP) is 4.21. The topological polar surface area (TPSA) is 17.1 Å². The number of carbonyl (C=O) groups is 1. The van der Waals surface area contributed by atoms with E-state index in [1.54, 1.807) is 24.3 Å². The normalized spacial score (nSPS) is 10.3. The van der Waals surface area contributed by atoms with Crippen molar-refractivity contribution in [2.45, 2.75) is 0 Å². The van der Waals surface area contributed by atoms with E-state index < -0.39 is 11.6 Å². The van der Waals surface area contributed by atoms with E-state index in [-0.39, 0.29) is 10.0 Å². The highest BCUT2D eigenvalue weighted by Crippen LogP contribution is 2.27. The van der Waals surface area contributed by atoms with Crippen molar-refractivity contribution in [3.05, 3.63) is 58.1 Å². The van der Waals surface area contributed by atoms with Gasteiger partial charge in [0.05, 0.1) is 4.47 Å². The Balaban J connectivity index is 2.52. The lowest BCUT2D eigenvalue weighted by atomic mass is 10.0. The fraction of sp³-hybridized carbons (Fsp3) is 0. The number of hydrogen-bond donors (Lipinski definition) is 0. The Morgan fingerprint density at radius 1 is 1.00 bits per heavy atom. The molecule has 0 aliphatic heterocycles. The number of rotatable bonds is 2. The van der Waals surface area contributed by atoms with E-state index in [1.807, 2.05) is 0 Å². The van der Waals surface area contributed by atoms with Gasteiger partial charge in [-0.05, 0) is 33.6 Å². The Kier molecular flexibility index (Phi) is 3.33. The van der Waals surface area contributed by atoms with E-state index in [2.05, 4.69) is 15.9 Å². The number of halogens is 3. The van der Waals surface area contributed by atoms with Gasteiger partial charge in [0.25, 0.3) is 0 Å². The van der Waals surface area contributed by atoms with Crippen LogP contribution >= 0.6 is 15.9 Å². The van der Waals surface area contributed by atoms with Crippen molar-refractivity contribution in [3.8, 4) is 11.1 Å². The second kappa shape index (κ2) is 4.75. The van der Waals surface area contributed by atoms with E-state index in [9.17, 15) is 13.6 Å². The van der Waals surface area contributed by atoms with Gasteiger partial charge in [-0.3, -0.25) is 4.79 Å². The fourth-order valence-electron chi connectivity index (χ4n) is 1.49. The molecule has 0 heterocycles. The SMILES string of the molecule is O=Cc1ccc(-c2cc(F)c(Br)cc2F)cc1. The van der Waals surface area contributed by atoms with Crippen LogP contribution in [0.25, 0.3) is 11.1 Å². The molecule has 0 fully saturated rings. The summed E-state index contributed by atoms with van der Waals surface area (Å²) in [5, 5.41) is 0. The molecule has 2 aromatic rings. The summed E-state index contributed by atoms with van der Waals surface area (Å²) in [5.74, 6) is -1.04. The first kappa shape index (κ1) is 11.9. The Morgan fingerprint density at radius 3 is 2.24 bits per heavy atom. The third-order valence-corrected chi connectivity index (χ3v) is 2.98. The highest BCUT2D eigenvalue weighted by Gasteiger charge is 2.09. The number of benzene rings is 2. The molecule has 0 aliphatic rings. The van der Waals surface area contributed by atoms with Gasteiger partial charge in [0, 0.05) is 11.1 Å². The summed E-state index contributed by atoms with van der Waals surface area (Å²) in [5.41, 5.74) is 1.19. The van der Waals surface area contributed by atoms with Gasteiger partial charge >= 0.3 is 0 Å². The molecule has 0 saturated heterocycles. The molecule has 0 saturated carbocycles. The van der Waals surface area contributed by atoms with E-state index in [0.717, 1.165) is 12.1 Å². The molecule has 0 N–H and O–H groups in total. The summed E-state index contributed by atoms with van der Waals surface area (Å²) in [7, 11) is 0. The molecule has 0 amide bonds. The van der Waals surface area contributed by atoms with Crippen molar-refractivity contribution in [1.82, 2.24) is 0 Å². The first-order valence-electron chi connectivity index (χ1n) is 4.82. The summed E-state index contributed by atoms with van der Waals surface area (Å²) in [6.45, 7) is 0. The second-order valence-electron chi connectivity index (χ2n) is 3.49. The Hall–Kier alpha value is -1.55. The molecule has 86 valence electrons. The van der Waals surface area contributed by atoms with Crippen molar-refractivity contribution < 1.29 is 13.6 Å². The smallest absolute Gasteiger partial charge is 0.150 e. The summed E-state index contributed by atoms with van der Waals surface area (Å²) in [4.78, 5) is 10.5. The lowest BCUT2D eigenvalue weighted by Gasteiger charge is -2.05. The summed E-state index contributed by atoms with van der Waals surface area (Å²) in [6.07, 6.45) is 0.697. The summed E-state index contributed by atoms with van der Waals surface area (Å²) in [6, 6.07) is 8.47. The lowest BCUT2D eigenvalue weighted by molar-refractivity contribution is 0.112. The monoisotopic (exact) mass is 296 g/mol. The molecule has 0 atom stereocenters. The van der Waals surface area contributed by atoms with Gasteiger partial charge < -0.3 is 0 Å². The van der Waals surface area contributed by atoms with Crippen LogP contribution < -0.4 is 0 Å². The van der Waals surface area contributed by atoms with E-state index in [4.69, 9.17) is 0 Å². The molecule has 0 bridgehead atoms. The number of aldehydes is 1. The maximum absolute atomic E-state index is 13.6. The summed E-state index contributed by atoms with van der Waals surface area (Å²) < 4.78 is 27.0. The first-order chi connectivity index (χ1) is 8.11. The zero-order chi connectivity index (χ0) is 12.4. The van der Waals surface area contributed by atoms with Crippen LogP contribution in [0.15, 0.2) is 40.9 Å². The van der Waals surface area contributed by atoms with E-state index >= 15 is 0 Å². The minimum Gasteiger partial charge on any atom is -0.298 e. The predicted molar refractivity (Wildman–Crippen MR) is 64.9 cm³/mol. The zero-order valence-corrected chi connectivity index (χ0v) is 10.2. The molecular weight excluding hydrogens is 290 g/mol. The van der Waals surface area contributed by atoms with Crippen molar-refractivity contribution in [2.75, 3.05) is 0 Å². The second-order valence-corrected chi connectivity index (χ2v) is 4.34. The molecule has 0 aromatic heterocycles. The maximum Gasteiger partial charge on any atom is 0.150 e. The molecule has 0 aliphatic carbocycles. The van der Waals surface area contributed by atoms with Crippen LogP contribution in [0.5, 0.6) is 0 Å². The van der Waals surface area contributed by atoms with E-state index in [0.29, 0.717) is 17.4 Å². The highest BCUT2D eigenvalue weighted by atomic mass is 79.9. The van der Waals surface area contributed by atoms with Gasteiger partial charge in [0.2, 0.25) is 0 Å². The largest absolute Gasteiger partial charge is 0.298 e. The lowest BCUT2D eigenvalue weighted by Crippen LogP contribution is -1.89. The Bertz CT molecular complexity index is 564. The average molecular weight is 297 g/mol. The van der Waals surface area contributed by atoms with Crippen LogP contribution in [0.4, 0.5) is 8.78 Å². The Morgan fingerprint density at radius 2 is 1.65 bits per heavy atom. The third-order valence-electron chi connectivity index (χ3n) is 2.37. The number of carbonyl (C=O) groups excluding carboxylic acids is 1. The molecule has 4 heteroatoms. The van der Waals surface area contributed by atoms with Crippen LogP contribution in [0, 0.1) is 11.6 Å². The first-order valence-corrected chi connectivity index (χ1v) is 5.61. The van der Waals surface area contributed by atoms with Crippen LogP contribution in [-0.2, 0) is 0 Å². The molecule has 0 radical (unpaired) electrons. The van der Waals surface area contributed by atoms with Crippen molar-refractivity contribution >= 4 is 22.2 Å².